The first-order valence-corrected chi connectivity index (χ1v) is 11.8. The van der Waals surface area contributed by atoms with Crippen LogP contribution in [0.2, 0.25) is 5.02 Å². The van der Waals surface area contributed by atoms with Gasteiger partial charge in [-0.25, -0.2) is 0 Å². The van der Waals surface area contributed by atoms with Gasteiger partial charge in [0.1, 0.15) is 5.75 Å². The summed E-state index contributed by atoms with van der Waals surface area (Å²) >= 11 is 7.75. The number of anilines is 1. The van der Waals surface area contributed by atoms with Gasteiger partial charge in [0.2, 0.25) is 5.91 Å². The molecule has 0 aliphatic carbocycles. The van der Waals surface area contributed by atoms with Crippen molar-refractivity contribution >= 4 is 35.0 Å². The van der Waals surface area contributed by atoms with E-state index in [1.165, 1.54) is 11.8 Å². The molecule has 33 heavy (non-hydrogen) atoms. The Kier molecular flexibility index (Phi) is 7.32. The number of benzene rings is 3. The lowest BCUT2D eigenvalue weighted by atomic mass is 10.2. The summed E-state index contributed by atoms with van der Waals surface area (Å²) in [6.45, 7) is 4.46. The molecular formula is C25H23ClN4O2S. The van der Waals surface area contributed by atoms with Gasteiger partial charge in [0.15, 0.2) is 11.0 Å². The second-order valence-electron chi connectivity index (χ2n) is 7.22. The van der Waals surface area contributed by atoms with Crippen LogP contribution >= 0.6 is 23.4 Å². The van der Waals surface area contributed by atoms with Gasteiger partial charge in [-0.2, -0.15) is 0 Å². The second-order valence-corrected chi connectivity index (χ2v) is 8.57. The number of carbonyl (C=O) groups is 1. The average molecular weight is 479 g/mol. The van der Waals surface area contributed by atoms with Gasteiger partial charge < -0.3 is 10.1 Å². The Morgan fingerprint density at radius 3 is 2.52 bits per heavy atom. The average Bonchev–Trinajstić information content (AvgIpc) is 3.24. The van der Waals surface area contributed by atoms with Crippen LogP contribution in [-0.4, -0.2) is 33.0 Å². The second kappa shape index (κ2) is 10.6. The van der Waals surface area contributed by atoms with Crippen molar-refractivity contribution in [2.45, 2.75) is 19.0 Å². The molecule has 1 aromatic heterocycles. The van der Waals surface area contributed by atoms with Gasteiger partial charge in [0.25, 0.3) is 0 Å². The topological polar surface area (TPSA) is 69.0 Å². The zero-order valence-corrected chi connectivity index (χ0v) is 19.9. The third-order valence-corrected chi connectivity index (χ3v) is 6.09. The molecule has 4 rings (SSSR count). The Hall–Kier alpha value is -3.29. The highest BCUT2D eigenvalue weighted by Gasteiger charge is 2.19. The van der Waals surface area contributed by atoms with Crippen molar-refractivity contribution in [3.05, 3.63) is 83.4 Å². The normalized spacial score (nSPS) is 10.8. The molecule has 1 amide bonds. The molecule has 1 N–H and O–H groups in total. The Balaban J connectivity index is 1.60. The first-order valence-electron chi connectivity index (χ1n) is 10.5. The zero-order valence-electron chi connectivity index (χ0n) is 18.3. The molecule has 0 spiro atoms. The molecular weight excluding hydrogens is 456 g/mol. The van der Waals surface area contributed by atoms with Crippen LogP contribution in [0.5, 0.6) is 5.75 Å². The molecule has 3 aromatic carbocycles. The number of hydrogen-bond donors (Lipinski definition) is 1. The minimum absolute atomic E-state index is 0.160. The van der Waals surface area contributed by atoms with Crippen LogP contribution in [0.4, 0.5) is 5.69 Å². The fourth-order valence-electron chi connectivity index (χ4n) is 3.27. The van der Waals surface area contributed by atoms with Gasteiger partial charge in [-0.15, -0.1) is 10.2 Å². The van der Waals surface area contributed by atoms with E-state index in [9.17, 15) is 4.79 Å². The number of hydrogen-bond acceptors (Lipinski definition) is 5. The summed E-state index contributed by atoms with van der Waals surface area (Å²) in [5.41, 5.74) is 3.45. The van der Waals surface area contributed by atoms with Crippen molar-refractivity contribution < 1.29 is 9.53 Å². The lowest BCUT2D eigenvalue weighted by Crippen LogP contribution is -2.15. The van der Waals surface area contributed by atoms with Gasteiger partial charge in [0.05, 0.1) is 23.1 Å². The molecule has 0 aliphatic rings. The largest absolute Gasteiger partial charge is 0.492 e. The van der Waals surface area contributed by atoms with E-state index in [1.807, 2.05) is 91.2 Å². The number of nitrogens with zero attached hydrogens (tertiary/aromatic N) is 3. The van der Waals surface area contributed by atoms with Gasteiger partial charge >= 0.3 is 0 Å². The summed E-state index contributed by atoms with van der Waals surface area (Å²) in [6.07, 6.45) is 0. The van der Waals surface area contributed by atoms with E-state index >= 15 is 0 Å². The van der Waals surface area contributed by atoms with Crippen molar-refractivity contribution in [3.63, 3.8) is 0 Å². The molecule has 0 bridgehead atoms. The molecule has 8 heteroatoms. The van der Waals surface area contributed by atoms with Gasteiger partial charge in [-0.05, 0) is 50.2 Å². The number of aromatic nitrogens is 3. The summed E-state index contributed by atoms with van der Waals surface area (Å²) in [4.78, 5) is 12.7. The SMILES string of the molecule is CCOc1ccccc1NC(=O)CSc1nnc(-c2ccccc2Cl)n1-c1ccc(C)cc1. The van der Waals surface area contributed by atoms with Gasteiger partial charge in [0, 0.05) is 11.3 Å². The van der Waals surface area contributed by atoms with E-state index < -0.39 is 0 Å². The molecule has 0 saturated carbocycles. The summed E-state index contributed by atoms with van der Waals surface area (Å²) in [5, 5.41) is 12.9. The zero-order chi connectivity index (χ0) is 23.2. The van der Waals surface area contributed by atoms with Crippen LogP contribution in [0.15, 0.2) is 78.0 Å². The fraction of sp³-hybridized carbons (Fsp3) is 0.160. The van der Waals surface area contributed by atoms with Crippen LogP contribution in [0.25, 0.3) is 17.1 Å². The maximum atomic E-state index is 12.7. The molecule has 0 saturated heterocycles. The smallest absolute Gasteiger partial charge is 0.234 e. The highest BCUT2D eigenvalue weighted by molar-refractivity contribution is 7.99. The van der Waals surface area contributed by atoms with Crippen LogP contribution in [0.3, 0.4) is 0 Å². The fourth-order valence-corrected chi connectivity index (χ4v) is 4.25. The standard InChI is InChI=1S/C25H23ClN4O2S/c1-3-32-22-11-7-6-10-21(22)27-23(31)16-33-25-29-28-24(19-8-4-5-9-20(19)26)30(25)18-14-12-17(2)13-15-18/h4-15H,3,16H2,1-2H3,(H,27,31). The van der Waals surface area contributed by atoms with E-state index in [2.05, 4.69) is 15.5 Å². The molecule has 1 heterocycles. The Labute approximate surface area is 202 Å². The molecule has 0 atom stereocenters. The van der Waals surface area contributed by atoms with Crippen LogP contribution < -0.4 is 10.1 Å². The lowest BCUT2D eigenvalue weighted by Gasteiger charge is -2.12. The monoisotopic (exact) mass is 478 g/mol. The number of ether oxygens (including phenoxy) is 1. The maximum absolute atomic E-state index is 12.7. The third-order valence-electron chi connectivity index (χ3n) is 4.83. The quantitative estimate of drug-likeness (QED) is 0.313. The third kappa shape index (κ3) is 5.38. The number of halogens is 1. The highest BCUT2D eigenvalue weighted by atomic mass is 35.5. The van der Waals surface area contributed by atoms with E-state index in [-0.39, 0.29) is 11.7 Å². The summed E-state index contributed by atoms with van der Waals surface area (Å²) < 4.78 is 7.51. The Morgan fingerprint density at radius 1 is 1.03 bits per heavy atom. The van der Waals surface area contributed by atoms with Crippen LogP contribution in [-0.2, 0) is 4.79 Å². The first-order chi connectivity index (χ1) is 16.1. The van der Waals surface area contributed by atoms with E-state index in [0.717, 1.165) is 16.8 Å². The molecule has 168 valence electrons. The van der Waals surface area contributed by atoms with E-state index in [4.69, 9.17) is 16.3 Å². The van der Waals surface area contributed by atoms with Crippen LogP contribution in [0, 0.1) is 6.92 Å². The molecule has 6 nitrogen and oxygen atoms in total. The van der Waals surface area contributed by atoms with Crippen molar-refractivity contribution in [3.8, 4) is 22.8 Å². The number of nitrogens with one attached hydrogen (secondary N) is 1. The molecule has 0 aliphatic heterocycles. The predicted octanol–water partition coefficient (Wildman–Crippen LogP) is 6.03. The van der Waals surface area contributed by atoms with Crippen LogP contribution in [0.1, 0.15) is 12.5 Å². The van der Waals surface area contributed by atoms with Crippen molar-refractivity contribution in [1.82, 2.24) is 14.8 Å². The van der Waals surface area contributed by atoms with Gasteiger partial charge in [-0.1, -0.05) is 65.3 Å². The lowest BCUT2D eigenvalue weighted by molar-refractivity contribution is -0.113. The predicted molar refractivity (Wildman–Crippen MR) is 134 cm³/mol. The van der Waals surface area contributed by atoms with Crippen molar-refractivity contribution in [2.75, 3.05) is 17.7 Å². The molecule has 0 unspecified atom stereocenters. The minimum atomic E-state index is -0.162. The maximum Gasteiger partial charge on any atom is 0.234 e. The Bertz CT molecular complexity index is 1260. The number of amides is 1. The number of rotatable bonds is 8. The number of carbonyl (C=O) groups excluding carboxylic acids is 1. The van der Waals surface area contributed by atoms with Gasteiger partial charge in [-0.3, -0.25) is 9.36 Å². The summed E-state index contributed by atoms with van der Waals surface area (Å²) in [5.74, 6) is 1.26. The minimum Gasteiger partial charge on any atom is -0.492 e. The van der Waals surface area contributed by atoms with E-state index in [0.29, 0.717) is 34.0 Å². The number of aryl methyl sites for hydroxylation is 1. The van der Waals surface area contributed by atoms with Crippen molar-refractivity contribution in [2.24, 2.45) is 0 Å². The molecule has 4 aromatic rings. The summed E-state index contributed by atoms with van der Waals surface area (Å²) in [7, 11) is 0. The van der Waals surface area contributed by atoms with Crippen molar-refractivity contribution in [1.29, 1.82) is 0 Å². The van der Waals surface area contributed by atoms with E-state index in [1.54, 1.807) is 0 Å². The first kappa shape index (κ1) is 22.9. The molecule has 0 fully saturated rings. The highest BCUT2D eigenvalue weighted by Crippen LogP contribution is 2.32. The summed E-state index contributed by atoms with van der Waals surface area (Å²) in [6, 6.07) is 22.9. The number of para-hydroxylation sites is 2. The Morgan fingerprint density at radius 2 is 1.76 bits per heavy atom. The number of thioether (sulfide) groups is 1. The molecule has 0 radical (unpaired) electrons.